The van der Waals surface area contributed by atoms with E-state index >= 15 is 0 Å². The van der Waals surface area contributed by atoms with Crippen molar-refractivity contribution < 1.29 is 27.5 Å². The molecule has 2 aliphatic heterocycles. The van der Waals surface area contributed by atoms with Gasteiger partial charge in [0.25, 0.3) is 5.91 Å². The van der Waals surface area contributed by atoms with Gasteiger partial charge in [-0.15, -0.1) is 0 Å². The maximum Gasteiger partial charge on any atom is 0.410 e. The summed E-state index contributed by atoms with van der Waals surface area (Å²) in [7, 11) is 0.545. The molecule has 4 aliphatic rings. The molecule has 12 heteroatoms. The minimum atomic E-state index is -3.96. The van der Waals surface area contributed by atoms with E-state index in [-0.39, 0.29) is 30.2 Å². The minimum Gasteiger partial charge on any atom is -0.497 e. The highest BCUT2D eigenvalue weighted by atomic mass is 32.2. The molecule has 3 aromatic carbocycles. The van der Waals surface area contributed by atoms with Crippen LogP contribution in [0.5, 0.6) is 5.75 Å². The summed E-state index contributed by atoms with van der Waals surface area (Å²) in [6, 6.07) is 22.1. The van der Waals surface area contributed by atoms with Gasteiger partial charge >= 0.3 is 16.3 Å². The molecule has 0 spiro atoms. The fourth-order valence-corrected chi connectivity index (χ4v) is 9.55. The highest BCUT2D eigenvalue weighted by Crippen LogP contribution is 2.60. The second kappa shape index (κ2) is 14.1. The van der Waals surface area contributed by atoms with Gasteiger partial charge in [0, 0.05) is 73.3 Å². The van der Waals surface area contributed by atoms with Crippen LogP contribution >= 0.6 is 0 Å². The van der Waals surface area contributed by atoms with E-state index in [2.05, 4.69) is 26.7 Å². The van der Waals surface area contributed by atoms with Gasteiger partial charge in [-0.25, -0.2) is 9.52 Å². The average molecular weight is 740 g/mol. The summed E-state index contributed by atoms with van der Waals surface area (Å²) in [5.41, 5.74) is 6.98. The molecule has 280 valence electrons. The number of likely N-dealkylation sites (tertiary alicyclic amines) is 1. The summed E-state index contributed by atoms with van der Waals surface area (Å²) in [6.45, 7) is 2.20. The van der Waals surface area contributed by atoms with Gasteiger partial charge in [0.15, 0.2) is 0 Å². The standard InChI is InChI=1S/C41H49N5O6S/c1-44(2)53(49,50)43-39(47)29-14-16-33-36(22-29)46-26-41(42-30-18-20-45(21-19-30)40(48)52-25-27-10-6-4-7-11-27)24-35(41)34-23-31(51-3)15-17-32(34)38(46)37(33)28-12-8-5-9-13-28/h4,6-7,10-11,14-17,22-23,28,30,35,42H,5,8-9,12-13,18-21,24-26H2,1-3H3,(H,43,47). The fraction of sp³-hybridized carbons (Fsp3) is 0.463. The van der Waals surface area contributed by atoms with Crippen molar-refractivity contribution in [3.8, 4) is 17.0 Å². The summed E-state index contributed by atoms with van der Waals surface area (Å²) in [5.74, 6) is 0.819. The first-order chi connectivity index (χ1) is 25.6. The molecule has 0 bridgehead atoms. The summed E-state index contributed by atoms with van der Waals surface area (Å²) >= 11 is 0. The van der Waals surface area contributed by atoms with E-state index in [0.29, 0.717) is 31.1 Å². The number of ether oxygens (including phenoxy) is 2. The Hall–Kier alpha value is -4.39. The number of rotatable bonds is 9. The maximum atomic E-state index is 13.4. The lowest BCUT2D eigenvalue weighted by Crippen LogP contribution is -2.50. The van der Waals surface area contributed by atoms with Crippen molar-refractivity contribution in [3.63, 3.8) is 0 Å². The molecule has 2 N–H and O–H groups in total. The molecule has 4 aromatic rings. The van der Waals surface area contributed by atoms with E-state index in [0.717, 1.165) is 58.6 Å². The number of carbonyl (C=O) groups excluding carboxylic acids is 2. The number of fused-ring (bicyclic) bond motifs is 7. The first kappa shape index (κ1) is 35.6. The average Bonchev–Trinajstić information content (AvgIpc) is 3.80. The lowest BCUT2D eigenvalue weighted by molar-refractivity contribution is 0.0839. The van der Waals surface area contributed by atoms with Crippen molar-refractivity contribution in [2.24, 2.45) is 0 Å². The van der Waals surface area contributed by atoms with E-state index in [1.54, 1.807) is 13.2 Å². The van der Waals surface area contributed by atoms with E-state index in [4.69, 9.17) is 9.47 Å². The van der Waals surface area contributed by atoms with Crippen LogP contribution in [-0.4, -0.2) is 80.1 Å². The van der Waals surface area contributed by atoms with Gasteiger partial charge in [-0.05, 0) is 85.0 Å². The summed E-state index contributed by atoms with van der Waals surface area (Å²) in [5, 5.41) is 5.24. The number of hydrogen-bond acceptors (Lipinski definition) is 7. The number of nitrogens with zero attached hydrogens (tertiary/aromatic N) is 3. The molecule has 2 aliphatic carbocycles. The van der Waals surface area contributed by atoms with Crippen molar-refractivity contribution in [1.82, 2.24) is 23.8 Å². The summed E-state index contributed by atoms with van der Waals surface area (Å²) < 4.78 is 42.3. The summed E-state index contributed by atoms with van der Waals surface area (Å²) in [4.78, 5) is 28.2. The topological polar surface area (TPSA) is 122 Å². The zero-order valence-electron chi connectivity index (χ0n) is 30.8. The summed E-state index contributed by atoms with van der Waals surface area (Å²) in [6.07, 6.45) is 8.13. The molecule has 3 heterocycles. The molecule has 2 unspecified atom stereocenters. The highest BCUT2D eigenvalue weighted by Gasteiger charge is 2.58. The quantitative estimate of drug-likeness (QED) is 0.200. The van der Waals surface area contributed by atoms with Crippen molar-refractivity contribution in [2.45, 2.75) is 87.9 Å². The van der Waals surface area contributed by atoms with Crippen molar-refractivity contribution >= 4 is 33.1 Å². The van der Waals surface area contributed by atoms with E-state index < -0.39 is 16.1 Å². The molecule has 2 amide bonds. The Labute approximate surface area is 311 Å². The predicted octanol–water partition coefficient (Wildman–Crippen LogP) is 6.53. The van der Waals surface area contributed by atoms with Crippen LogP contribution < -0.4 is 14.8 Å². The third-order valence-corrected chi connectivity index (χ3v) is 13.3. The maximum absolute atomic E-state index is 13.4. The number of carbonyl (C=O) groups is 2. The lowest BCUT2D eigenvalue weighted by Gasteiger charge is -2.35. The van der Waals surface area contributed by atoms with Gasteiger partial charge in [-0.2, -0.15) is 12.7 Å². The highest BCUT2D eigenvalue weighted by molar-refractivity contribution is 7.87. The van der Waals surface area contributed by atoms with Crippen LogP contribution in [0.25, 0.3) is 22.2 Å². The van der Waals surface area contributed by atoms with Gasteiger partial charge in [-0.3, -0.25) is 4.79 Å². The van der Waals surface area contributed by atoms with Gasteiger partial charge in [0.05, 0.1) is 12.8 Å². The van der Waals surface area contributed by atoms with Crippen LogP contribution in [0.3, 0.4) is 0 Å². The number of hydrogen-bond donors (Lipinski definition) is 2. The first-order valence-corrected chi connectivity index (χ1v) is 20.3. The molecule has 11 nitrogen and oxygen atoms in total. The Morgan fingerprint density at radius 2 is 1.70 bits per heavy atom. The number of aromatic nitrogens is 1. The Bertz CT molecular complexity index is 2140. The zero-order valence-corrected chi connectivity index (χ0v) is 31.6. The molecular weight excluding hydrogens is 691 g/mol. The third-order valence-electron chi connectivity index (χ3n) is 11.9. The van der Waals surface area contributed by atoms with Gasteiger partial charge in [0.2, 0.25) is 0 Å². The van der Waals surface area contributed by atoms with E-state index in [1.807, 2.05) is 53.4 Å². The molecule has 0 radical (unpaired) electrons. The van der Waals surface area contributed by atoms with Gasteiger partial charge < -0.3 is 24.3 Å². The van der Waals surface area contributed by atoms with Crippen LogP contribution in [0, 0.1) is 0 Å². The van der Waals surface area contributed by atoms with E-state index in [9.17, 15) is 18.0 Å². The van der Waals surface area contributed by atoms with Crippen LogP contribution in [0.1, 0.15) is 90.3 Å². The fourth-order valence-electron chi connectivity index (χ4n) is 9.01. The van der Waals surface area contributed by atoms with Gasteiger partial charge in [0.1, 0.15) is 12.4 Å². The van der Waals surface area contributed by atoms with Crippen LogP contribution in [0.2, 0.25) is 0 Å². The molecule has 2 saturated carbocycles. The molecule has 2 atom stereocenters. The molecule has 1 saturated heterocycles. The number of amides is 2. The smallest absolute Gasteiger partial charge is 0.410 e. The Morgan fingerprint density at radius 1 is 0.943 bits per heavy atom. The number of nitrogens with one attached hydrogen (secondary N) is 2. The third kappa shape index (κ3) is 6.81. The Kier molecular flexibility index (Phi) is 9.49. The van der Waals surface area contributed by atoms with Crippen LogP contribution in [0.4, 0.5) is 4.79 Å². The second-order valence-electron chi connectivity index (χ2n) is 15.4. The molecular formula is C41H49N5O6S. The van der Waals surface area contributed by atoms with Crippen molar-refractivity contribution in [3.05, 3.63) is 89.0 Å². The van der Waals surface area contributed by atoms with Crippen LogP contribution in [-0.2, 0) is 28.1 Å². The Morgan fingerprint density at radius 3 is 2.42 bits per heavy atom. The van der Waals surface area contributed by atoms with E-state index in [1.165, 1.54) is 55.7 Å². The normalized spacial score (nSPS) is 21.7. The van der Waals surface area contributed by atoms with Crippen molar-refractivity contribution in [2.75, 3.05) is 34.3 Å². The lowest BCUT2D eigenvalue weighted by atomic mass is 9.81. The predicted molar refractivity (Wildman–Crippen MR) is 204 cm³/mol. The molecule has 8 rings (SSSR count). The van der Waals surface area contributed by atoms with Gasteiger partial charge in [-0.1, -0.05) is 55.7 Å². The minimum absolute atomic E-state index is 0.214. The Balaban J connectivity index is 1.13. The monoisotopic (exact) mass is 739 g/mol. The van der Waals surface area contributed by atoms with Crippen LogP contribution in [0.15, 0.2) is 66.7 Å². The molecule has 3 fully saturated rings. The number of piperidine rings is 1. The number of methoxy groups -OCH3 is 1. The van der Waals surface area contributed by atoms with Crippen molar-refractivity contribution in [1.29, 1.82) is 0 Å². The SMILES string of the molecule is COc1ccc2c(c1)C1CC1(NC1CCN(C(=O)OCc3ccccc3)CC1)Cn1c-2c(C2CCCCC2)c2ccc(C(=O)NS(=O)(=O)N(C)C)cc21. The first-order valence-electron chi connectivity index (χ1n) is 18.9. The zero-order chi connectivity index (χ0) is 36.9. The largest absolute Gasteiger partial charge is 0.497 e. The second-order valence-corrected chi connectivity index (χ2v) is 17.3. The molecule has 53 heavy (non-hydrogen) atoms. The number of benzene rings is 3. The molecule has 1 aromatic heterocycles.